The fraction of sp³-hybridized carbons (Fsp3) is 0.240. The van der Waals surface area contributed by atoms with Gasteiger partial charge >= 0.3 is 17.9 Å². The molecule has 0 saturated heterocycles. The minimum atomic E-state index is -2.46. The van der Waals surface area contributed by atoms with Crippen LogP contribution in [0.1, 0.15) is 24.0 Å². The van der Waals surface area contributed by atoms with Crippen LogP contribution in [0.15, 0.2) is 48.6 Å². The van der Waals surface area contributed by atoms with Gasteiger partial charge in [0.05, 0.1) is 6.10 Å². The highest BCUT2D eigenvalue weighted by Crippen LogP contribution is 2.33. The van der Waals surface area contributed by atoms with Crippen molar-refractivity contribution in [3.8, 4) is 23.0 Å². The van der Waals surface area contributed by atoms with Gasteiger partial charge in [-0.15, -0.1) is 0 Å². The molecule has 0 bridgehead atoms. The summed E-state index contributed by atoms with van der Waals surface area (Å²) in [5.74, 6) is -5.29. The Morgan fingerprint density at radius 3 is 1.73 bits per heavy atom. The van der Waals surface area contributed by atoms with Crippen LogP contribution in [-0.4, -0.2) is 77.6 Å². The number of carbonyl (C=O) groups is 3. The van der Waals surface area contributed by atoms with Gasteiger partial charge in [-0.3, -0.25) is 0 Å². The number of hydrogen-bond acceptors (Lipinski definition) is 11. The van der Waals surface area contributed by atoms with E-state index >= 15 is 0 Å². The van der Waals surface area contributed by atoms with Crippen molar-refractivity contribution in [1.82, 2.24) is 0 Å². The van der Waals surface area contributed by atoms with E-state index in [-0.39, 0.29) is 11.5 Å². The molecule has 0 amide bonds. The Hall–Kier alpha value is -4.55. The van der Waals surface area contributed by atoms with Crippen LogP contribution in [0.4, 0.5) is 0 Å². The average Bonchev–Trinajstić information content (AvgIpc) is 2.82. The maximum Gasteiger partial charge on any atom is 0.335 e. The number of phenols is 4. The van der Waals surface area contributed by atoms with Gasteiger partial charge in [0.15, 0.2) is 34.7 Å². The van der Waals surface area contributed by atoms with Gasteiger partial charge in [-0.25, -0.2) is 14.4 Å². The van der Waals surface area contributed by atoms with Crippen LogP contribution >= 0.6 is 0 Å². The first-order valence-electron chi connectivity index (χ1n) is 10.8. The zero-order valence-electron chi connectivity index (χ0n) is 19.1. The average molecular weight is 516 g/mol. The van der Waals surface area contributed by atoms with E-state index in [2.05, 4.69) is 0 Å². The van der Waals surface area contributed by atoms with Crippen LogP contribution in [0.3, 0.4) is 0 Å². The molecule has 196 valence electrons. The van der Waals surface area contributed by atoms with E-state index in [1.165, 1.54) is 42.5 Å². The van der Waals surface area contributed by atoms with E-state index in [0.717, 1.165) is 18.2 Å². The summed E-state index contributed by atoms with van der Waals surface area (Å²) in [6.07, 6.45) is -1.86. The fourth-order valence-electron chi connectivity index (χ4n) is 3.66. The fourth-order valence-corrected chi connectivity index (χ4v) is 3.66. The number of esters is 2. The molecule has 0 aromatic heterocycles. The molecular formula is C25H24O12. The van der Waals surface area contributed by atoms with Gasteiger partial charge < -0.3 is 45.2 Å². The first kappa shape index (κ1) is 27.0. The topological polar surface area (TPSA) is 211 Å². The Morgan fingerprint density at radius 1 is 0.784 bits per heavy atom. The number of rotatable bonds is 7. The van der Waals surface area contributed by atoms with Crippen molar-refractivity contribution >= 4 is 30.1 Å². The Kier molecular flexibility index (Phi) is 8.05. The van der Waals surface area contributed by atoms with Crippen LogP contribution in [-0.2, 0) is 23.9 Å². The van der Waals surface area contributed by atoms with Crippen LogP contribution in [0.25, 0.3) is 12.2 Å². The largest absolute Gasteiger partial charge is 0.504 e. The zero-order valence-corrected chi connectivity index (χ0v) is 19.1. The second-order valence-electron chi connectivity index (χ2n) is 8.35. The van der Waals surface area contributed by atoms with Gasteiger partial charge in [0.2, 0.25) is 0 Å². The minimum Gasteiger partial charge on any atom is -0.504 e. The summed E-state index contributed by atoms with van der Waals surface area (Å²) < 4.78 is 10.4. The lowest BCUT2D eigenvalue weighted by Gasteiger charge is -2.40. The summed E-state index contributed by atoms with van der Waals surface area (Å²) in [5, 5.41) is 68.0. The van der Waals surface area contributed by atoms with E-state index in [1.54, 1.807) is 0 Å². The van der Waals surface area contributed by atoms with E-state index in [1.807, 2.05) is 0 Å². The summed E-state index contributed by atoms with van der Waals surface area (Å²) in [7, 11) is 0. The van der Waals surface area contributed by atoms with Crippen molar-refractivity contribution in [3.05, 3.63) is 59.7 Å². The monoisotopic (exact) mass is 516 g/mol. The number of aromatic hydroxyl groups is 4. The number of aliphatic hydroxyl groups excluding tert-OH is 1. The molecule has 0 aliphatic heterocycles. The number of carboxylic acids is 1. The van der Waals surface area contributed by atoms with Gasteiger partial charge in [0, 0.05) is 25.0 Å². The molecule has 7 N–H and O–H groups in total. The number of ether oxygens (including phenoxy) is 2. The molecule has 0 heterocycles. The van der Waals surface area contributed by atoms with Crippen molar-refractivity contribution in [2.45, 2.75) is 36.8 Å². The maximum absolute atomic E-state index is 12.4. The smallest absolute Gasteiger partial charge is 0.335 e. The van der Waals surface area contributed by atoms with E-state index in [4.69, 9.17) is 9.47 Å². The Labute approximate surface area is 209 Å². The molecule has 1 fully saturated rings. The van der Waals surface area contributed by atoms with Crippen molar-refractivity contribution in [1.29, 1.82) is 0 Å². The molecule has 2 unspecified atom stereocenters. The second kappa shape index (κ2) is 11.0. The maximum atomic E-state index is 12.4. The highest BCUT2D eigenvalue weighted by Gasteiger charge is 2.52. The third kappa shape index (κ3) is 6.78. The predicted octanol–water partition coefficient (Wildman–Crippen LogP) is 1.03. The van der Waals surface area contributed by atoms with Crippen molar-refractivity contribution < 1.29 is 59.6 Å². The van der Waals surface area contributed by atoms with Crippen LogP contribution in [0.2, 0.25) is 0 Å². The second-order valence-corrected chi connectivity index (χ2v) is 8.35. The molecule has 0 spiro atoms. The molecule has 2 aromatic carbocycles. The lowest BCUT2D eigenvalue weighted by Crippen LogP contribution is -2.58. The minimum absolute atomic E-state index is 0.311. The van der Waals surface area contributed by atoms with Crippen LogP contribution in [0.5, 0.6) is 23.0 Å². The molecule has 12 heteroatoms. The number of carbonyl (C=O) groups excluding carboxylic acids is 2. The number of carboxylic acid groups (broad SMARTS) is 1. The number of aliphatic carboxylic acids is 1. The van der Waals surface area contributed by atoms with Gasteiger partial charge in [0.25, 0.3) is 0 Å². The Balaban J connectivity index is 1.75. The molecule has 1 aliphatic carbocycles. The SMILES string of the molecule is O=C(/C=C/c1ccc(O)c(O)c1)OC1C[C@](O)(C(=O)O)CC(O)[C@H]1OC(=O)/C=C/c1ccc(O)c(O)c1. The standard InChI is InChI=1S/C25H24O12/c26-15-5-1-13(9-17(15)28)3-7-21(31)36-20-12-25(35,24(33)34)11-19(30)23(20)37-22(32)8-4-14-2-6-16(27)18(29)10-14/h1-10,19-20,23,26-30,35H,11-12H2,(H,33,34)/b7-3+,8-4+/t19?,20?,23-,25+/m1/s1. The quantitative estimate of drug-likeness (QED) is 0.156. The van der Waals surface area contributed by atoms with Gasteiger partial charge in [-0.2, -0.15) is 0 Å². The highest BCUT2D eigenvalue weighted by atomic mass is 16.6. The number of hydrogen-bond donors (Lipinski definition) is 7. The van der Waals surface area contributed by atoms with Crippen LogP contribution < -0.4 is 0 Å². The third-order valence-electron chi connectivity index (χ3n) is 5.57. The summed E-state index contributed by atoms with van der Waals surface area (Å²) in [4.78, 5) is 36.3. The zero-order chi connectivity index (χ0) is 27.3. The Morgan fingerprint density at radius 2 is 1.27 bits per heavy atom. The van der Waals surface area contributed by atoms with Gasteiger partial charge in [-0.05, 0) is 47.5 Å². The number of benzene rings is 2. The summed E-state index contributed by atoms with van der Waals surface area (Å²) >= 11 is 0. The first-order valence-corrected chi connectivity index (χ1v) is 10.8. The summed E-state index contributed by atoms with van der Waals surface area (Å²) in [6.45, 7) is 0. The molecule has 1 aliphatic rings. The van der Waals surface area contributed by atoms with Crippen molar-refractivity contribution in [2.24, 2.45) is 0 Å². The predicted molar refractivity (Wildman–Crippen MR) is 125 cm³/mol. The number of aliphatic hydroxyl groups is 2. The lowest BCUT2D eigenvalue weighted by atomic mass is 9.79. The van der Waals surface area contributed by atoms with Gasteiger partial charge in [0.1, 0.15) is 6.10 Å². The van der Waals surface area contributed by atoms with E-state index < -0.39 is 66.2 Å². The molecule has 2 aromatic rings. The summed E-state index contributed by atoms with van der Waals surface area (Å²) in [5.41, 5.74) is -1.82. The summed E-state index contributed by atoms with van der Waals surface area (Å²) in [6, 6.07) is 7.50. The molecule has 12 nitrogen and oxygen atoms in total. The van der Waals surface area contributed by atoms with Crippen LogP contribution in [0, 0.1) is 0 Å². The van der Waals surface area contributed by atoms with E-state index in [9.17, 15) is 50.1 Å². The van der Waals surface area contributed by atoms with Crippen molar-refractivity contribution in [3.63, 3.8) is 0 Å². The first-order chi connectivity index (χ1) is 17.4. The molecule has 0 radical (unpaired) electrons. The molecule has 1 saturated carbocycles. The third-order valence-corrected chi connectivity index (χ3v) is 5.57. The lowest BCUT2D eigenvalue weighted by molar-refractivity contribution is -0.204. The molecular weight excluding hydrogens is 492 g/mol. The number of phenolic OH excluding ortho intramolecular Hbond substituents is 4. The highest BCUT2D eigenvalue weighted by molar-refractivity contribution is 5.88. The molecule has 37 heavy (non-hydrogen) atoms. The Bertz CT molecular complexity index is 1250. The molecule has 4 atom stereocenters. The van der Waals surface area contributed by atoms with Gasteiger partial charge in [-0.1, -0.05) is 12.1 Å². The normalized spacial score (nSPS) is 23.7. The van der Waals surface area contributed by atoms with Crippen molar-refractivity contribution in [2.75, 3.05) is 0 Å². The van der Waals surface area contributed by atoms with E-state index in [0.29, 0.717) is 11.1 Å². The molecule has 3 rings (SSSR count).